The van der Waals surface area contributed by atoms with E-state index >= 15 is 0 Å². The van der Waals surface area contributed by atoms with E-state index in [1.807, 2.05) is 0 Å². The third-order valence-corrected chi connectivity index (χ3v) is 4.16. The smallest absolute Gasteiger partial charge is 0.283 e. The molecule has 0 aliphatic heterocycles. The molecule has 2 aromatic carbocycles. The fraction of sp³-hybridized carbons (Fsp3) is 0.200. The Kier molecular flexibility index (Phi) is 4.59. The Balaban J connectivity index is 2.49. The minimum atomic E-state index is -0.856. The van der Waals surface area contributed by atoms with Gasteiger partial charge in [-0.2, -0.15) is 0 Å². The van der Waals surface area contributed by atoms with E-state index in [0.29, 0.717) is 20.9 Å². The average molecular weight is 307 g/mol. The second-order valence-electron chi connectivity index (χ2n) is 4.64. The summed E-state index contributed by atoms with van der Waals surface area (Å²) in [6, 6.07) is 9.21. The van der Waals surface area contributed by atoms with E-state index in [-0.39, 0.29) is 5.69 Å². The van der Waals surface area contributed by atoms with Crippen molar-refractivity contribution in [3.05, 3.63) is 63.5 Å². The Morgan fingerprint density at radius 1 is 1.29 bits per heavy atom. The van der Waals surface area contributed by atoms with Crippen LogP contribution in [0.3, 0.4) is 0 Å². The number of nitro groups is 1. The Hall–Kier alpha value is -1.92. The standard InChI is InChI=1S/C15H14FNO3S/c1-9-7-15(11(10(2)18)8-12(9)16)21-14-6-4-3-5-13(14)17(19)20/h3-8,10,18H,1-2H3/t10-/m1/s1. The number of hydrogen-bond donors (Lipinski definition) is 1. The summed E-state index contributed by atoms with van der Waals surface area (Å²) in [5.41, 5.74) is 0.836. The van der Waals surface area contributed by atoms with Crippen LogP contribution in [0, 0.1) is 22.9 Å². The molecule has 0 aliphatic carbocycles. The van der Waals surface area contributed by atoms with Crippen molar-refractivity contribution in [1.29, 1.82) is 0 Å². The number of halogens is 1. The van der Waals surface area contributed by atoms with Gasteiger partial charge < -0.3 is 5.11 Å². The Morgan fingerprint density at radius 2 is 1.95 bits per heavy atom. The van der Waals surface area contributed by atoms with Crippen LogP contribution in [-0.2, 0) is 0 Å². The summed E-state index contributed by atoms with van der Waals surface area (Å²) in [5, 5.41) is 20.8. The molecule has 0 bridgehead atoms. The van der Waals surface area contributed by atoms with Crippen molar-refractivity contribution in [3.63, 3.8) is 0 Å². The van der Waals surface area contributed by atoms with Gasteiger partial charge in [-0.05, 0) is 43.2 Å². The highest BCUT2D eigenvalue weighted by molar-refractivity contribution is 7.99. The highest BCUT2D eigenvalue weighted by Crippen LogP contribution is 2.38. The maximum absolute atomic E-state index is 13.6. The van der Waals surface area contributed by atoms with Crippen LogP contribution in [0.4, 0.5) is 10.1 Å². The lowest BCUT2D eigenvalue weighted by atomic mass is 10.1. The number of benzene rings is 2. The minimum absolute atomic E-state index is 0.0129. The molecule has 1 atom stereocenters. The number of aliphatic hydroxyl groups excluding tert-OH is 1. The van der Waals surface area contributed by atoms with Gasteiger partial charge in [0.2, 0.25) is 0 Å². The van der Waals surface area contributed by atoms with Gasteiger partial charge in [0.05, 0.1) is 15.9 Å². The Bertz CT molecular complexity index is 689. The van der Waals surface area contributed by atoms with Crippen molar-refractivity contribution >= 4 is 17.4 Å². The maximum atomic E-state index is 13.6. The molecule has 0 unspecified atom stereocenters. The van der Waals surface area contributed by atoms with Gasteiger partial charge in [-0.1, -0.05) is 23.9 Å². The summed E-state index contributed by atoms with van der Waals surface area (Å²) in [6.45, 7) is 3.15. The summed E-state index contributed by atoms with van der Waals surface area (Å²) in [7, 11) is 0. The molecule has 0 amide bonds. The van der Waals surface area contributed by atoms with E-state index in [4.69, 9.17) is 0 Å². The first kappa shape index (κ1) is 15.5. The zero-order chi connectivity index (χ0) is 15.6. The van der Waals surface area contributed by atoms with Gasteiger partial charge in [0.1, 0.15) is 5.82 Å². The largest absolute Gasteiger partial charge is 0.389 e. The lowest BCUT2D eigenvalue weighted by molar-refractivity contribution is -0.387. The fourth-order valence-electron chi connectivity index (χ4n) is 1.90. The van der Waals surface area contributed by atoms with Crippen LogP contribution < -0.4 is 0 Å². The summed E-state index contributed by atoms with van der Waals surface area (Å²) in [4.78, 5) is 11.6. The first-order valence-corrected chi connectivity index (χ1v) is 7.11. The zero-order valence-corrected chi connectivity index (χ0v) is 12.4. The van der Waals surface area contributed by atoms with Gasteiger partial charge in [-0.3, -0.25) is 10.1 Å². The summed E-state index contributed by atoms with van der Waals surface area (Å²) >= 11 is 1.15. The van der Waals surface area contributed by atoms with Gasteiger partial charge in [0, 0.05) is 11.0 Å². The normalized spacial score (nSPS) is 12.2. The van der Waals surface area contributed by atoms with Gasteiger partial charge in [0.25, 0.3) is 5.69 Å². The number of hydrogen-bond acceptors (Lipinski definition) is 4. The molecule has 21 heavy (non-hydrogen) atoms. The van der Waals surface area contributed by atoms with Crippen LogP contribution in [0.2, 0.25) is 0 Å². The number of rotatable bonds is 4. The summed E-state index contributed by atoms with van der Waals surface area (Å²) in [6.07, 6.45) is -0.856. The SMILES string of the molecule is Cc1cc(Sc2ccccc2[N+](=O)[O-])c([C@@H](C)O)cc1F. The predicted octanol–water partition coefficient (Wildman–Crippen LogP) is 4.25. The molecule has 0 aliphatic rings. The highest BCUT2D eigenvalue weighted by atomic mass is 32.2. The summed E-state index contributed by atoms with van der Waals surface area (Å²) in [5.74, 6) is -0.405. The molecular weight excluding hydrogens is 293 g/mol. The van der Waals surface area contributed by atoms with Crippen molar-refractivity contribution < 1.29 is 14.4 Å². The highest BCUT2D eigenvalue weighted by Gasteiger charge is 2.18. The van der Waals surface area contributed by atoms with Gasteiger partial charge >= 0.3 is 0 Å². The molecule has 0 saturated heterocycles. The Morgan fingerprint density at radius 3 is 2.57 bits per heavy atom. The lowest BCUT2D eigenvalue weighted by Crippen LogP contribution is -1.98. The zero-order valence-electron chi connectivity index (χ0n) is 11.5. The molecule has 0 fully saturated rings. The van der Waals surface area contributed by atoms with Crippen molar-refractivity contribution in [2.75, 3.05) is 0 Å². The molecular formula is C15H14FNO3S. The number of aliphatic hydroxyl groups is 1. The van der Waals surface area contributed by atoms with E-state index in [9.17, 15) is 19.6 Å². The fourth-order valence-corrected chi connectivity index (χ4v) is 3.11. The number of nitrogens with zero attached hydrogens (tertiary/aromatic N) is 1. The predicted molar refractivity (Wildman–Crippen MR) is 79.0 cm³/mol. The van der Waals surface area contributed by atoms with Crippen molar-refractivity contribution in [2.45, 2.75) is 29.7 Å². The molecule has 6 heteroatoms. The summed E-state index contributed by atoms with van der Waals surface area (Å²) < 4.78 is 13.6. The second-order valence-corrected chi connectivity index (χ2v) is 5.73. The van der Waals surface area contributed by atoms with Crippen molar-refractivity contribution in [3.8, 4) is 0 Å². The third kappa shape index (κ3) is 3.40. The molecule has 0 heterocycles. The first-order valence-electron chi connectivity index (χ1n) is 6.29. The van der Waals surface area contributed by atoms with Crippen LogP contribution in [0.5, 0.6) is 0 Å². The average Bonchev–Trinajstić information content (AvgIpc) is 2.42. The molecule has 0 saturated carbocycles. The second kappa shape index (κ2) is 6.24. The van der Waals surface area contributed by atoms with E-state index < -0.39 is 16.8 Å². The maximum Gasteiger partial charge on any atom is 0.283 e. The lowest BCUT2D eigenvalue weighted by Gasteiger charge is -2.13. The van der Waals surface area contributed by atoms with E-state index in [1.165, 1.54) is 19.1 Å². The van der Waals surface area contributed by atoms with Gasteiger partial charge in [0.15, 0.2) is 0 Å². The molecule has 2 rings (SSSR count). The third-order valence-electron chi connectivity index (χ3n) is 3.02. The molecule has 2 aromatic rings. The minimum Gasteiger partial charge on any atom is -0.389 e. The van der Waals surface area contributed by atoms with Gasteiger partial charge in [-0.15, -0.1) is 0 Å². The van der Waals surface area contributed by atoms with Gasteiger partial charge in [-0.25, -0.2) is 4.39 Å². The number of aryl methyl sites for hydroxylation is 1. The van der Waals surface area contributed by atoms with Crippen molar-refractivity contribution in [1.82, 2.24) is 0 Å². The van der Waals surface area contributed by atoms with Crippen molar-refractivity contribution in [2.24, 2.45) is 0 Å². The number of nitro benzene ring substituents is 1. The topological polar surface area (TPSA) is 63.4 Å². The van der Waals surface area contributed by atoms with E-state index in [1.54, 1.807) is 31.2 Å². The van der Waals surface area contributed by atoms with Crippen LogP contribution in [0.1, 0.15) is 24.2 Å². The molecule has 0 radical (unpaired) electrons. The van der Waals surface area contributed by atoms with Crippen LogP contribution in [0.25, 0.3) is 0 Å². The van der Waals surface area contributed by atoms with E-state index in [0.717, 1.165) is 11.8 Å². The molecule has 4 nitrogen and oxygen atoms in total. The quantitative estimate of drug-likeness (QED) is 0.677. The first-order chi connectivity index (χ1) is 9.90. The van der Waals surface area contributed by atoms with E-state index in [2.05, 4.69) is 0 Å². The molecule has 0 spiro atoms. The van der Waals surface area contributed by atoms with Crippen LogP contribution >= 0.6 is 11.8 Å². The molecule has 110 valence electrons. The monoisotopic (exact) mass is 307 g/mol. The number of para-hydroxylation sites is 1. The van der Waals surface area contributed by atoms with Crippen LogP contribution in [0.15, 0.2) is 46.2 Å². The molecule has 0 aromatic heterocycles. The van der Waals surface area contributed by atoms with Crippen LogP contribution in [-0.4, -0.2) is 10.0 Å². The Labute approximate surface area is 125 Å². The molecule has 1 N–H and O–H groups in total.